The molecule has 0 aliphatic carbocycles. The highest BCUT2D eigenvalue weighted by Gasteiger charge is 2.27. The second-order valence-electron chi connectivity index (χ2n) is 4.69. The fourth-order valence-corrected chi connectivity index (χ4v) is 2.35. The number of ether oxygens (including phenoxy) is 2. The lowest BCUT2D eigenvalue weighted by Gasteiger charge is -2.28. The average molecular weight is 249 g/mol. The second kappa shape index (κ2) is 5.40. The minimum Gasteiger partial charge on any atom is -0.497 e. The van der Waals surface area contributed by atoms with Gasteiger partial charge in [-0.05, 0) is 37.7 Å². The molecule has 1 aromatic rings. The Kier molecular flexibility index (Phi) is 3.87. The van der Waals surface area contributed by atoms with Gasteiger partial charge in [-0.1, -0.05) is 0 Å². The molecule has 98 valence electrons. The maximum Gasteiger partial charge on any atom is 0.154 e. The highest BCUT2D eigenvalue weighted by Crippen LogP contribution is 2.31. The summed E-state index contributed by atoms with van der Waals surface area (Å²) in [6, 6.07) is 5.68. The Morgan fingerprint density at radius 3 is 2.28 bits per heavy atom. The third kappa shape index (κ3) is 2.64. The van der Waals surface area contributed by atoms with Crippen LogP contribution in [-0.2, 0) is 4.79 Å². The number of Topliss-reactive ketones (excluding diaryl/α,β-unsaturated/α-hetero) is 1. The first kappa shape index (κ1) is 12.9. The smallest absolute Gasteiger partial charge is 0.154 e. The predicted octanol–water partition coefficient (Wildman–Crippen LogP) is 1.69. The van der Waals surface area contributed by atoms with Gasteiger partial charge in [0.05, 0.1) is 20.8 Å². The van der Waals surface area contributed by atoms with Gasteiger partial charge < -0.3 is 9.47 Å². The van der Waals surface area contributed by atoms with Crippen molar-refractivity contribution >= 4 is 5.78 Å². The van der Waals surface area contributed by atoms with Gasteiger partial charge in [-0.2, -0.15) is 0 Å². The second-order valence-corrected chi connectivity index (χ2v) is 4.69. The van der Waals surface area contributed by atoms with Crippen LogP contribution in [0.4, 0.5) is 0 Å². The normalized spacial score (nSPS) is 20.8. The van der Waals surface area contributed by atoms with Crippen LogP contribution in [0.2, 0.25) is 0 Å². The summed E-state index contributed by atoms with van der Waals surface area (Å²) >= 11 is 0. The number of benzene rings is 1. The molecule has 1 heterocycles. The first-order valence-electron chi connectivity index (χ1n) is 6.08. The summed E-state index contributed by atoms with van der Waals surface area (Å²) in [5.41, 5.74) is 0.990. The van der Waals surface area contributed by atoms with Crippen LogP contribution in [0.5, 0.6) is 11.5 Å². The molecule has 1 aromatic carbocycles. The summed E-state index contributed by atoms with van der Waals surface area (Å²) in [6.07, 6.45) is 0.853. The molecule has 0 amide bonds. The maximum absolute atomic E-state index is 12.1. The lowest BCUT2D eigenvalue weighted by Crippen LogP contribution is -2.37. The van der Waals surface area contributed by atoms with E-state index in [1.165, 1.54) is 0 Å². The molecule has 0 N–H and O–H groups in total. The number of rotatable bonds is 3. The number of methoxy groups -OCH3 is 2. The molecule has 0 aromatic heterocycles. The summed E-state index contributed by atoms with van der Waals surface area (Å²) < 4.78 is 10.5. The Morgan fingerprint density at radius 2 is 1.78 bits per heavy atom. The van der Waals surface area contributed by atoms with E-state index < -0.39 is 0 Å². The summed E-state index contributed by atoms with van der Waals surface area (Å²) in [5.74, 6) is 1.69. The van der Waals surface area contributed by atoms with Crippen molar-refractivity contribution in [3.8, 4) is 11.5 Å². The van der Waals surface area contributed by atoms with E-state index in [1.807, 2.05) is 25.2 Å². The van der Waals surface area contributed by atoms with E-state index in [0.717, 1.165) is 30.0 Å². The van der Waals surface area contributed by atoms with Gasteiger partial charge in [-0.25, -0.2) is 0 Å². The van der Waals surface area contributed by atoms with E-state index >= 15 is 0 Å². The molecule has 18 heavy (non-hydrogen) atoms. The first-order chi connectivity index (χ1) is 8.63. The van der Waals surface area contributed by atoms with Crippen molar-refractivity contribution < 1.29 is 14.3 Å². The third-order valence-corrected chi connectivity index (χ3v) is 3.39. The third-order valence-electron chi connectivity index (χ3n) is 3.39. The van der Waals surface area contributed by atoms with Crippen LogP contribution in [0, 0.1) is 0 Å². The van der Waals surface area contributed by atoms with Crippen molar-refractivity contribution in [1.82, 2.24) is 4.90 Å². The largest absolute Gasteiger partial charge is 0.497 e. The molecule has 0 bridgehead atoms. The van der Waals surface area contributed by atoms with Gasteiger partial charge >= 0.3 is 0 Å². The number of likely N-dealkylation sites (tertiary alicyclic amines) is 1. The monoisotopic (exact) mass is 249 g/mol. The minimum atomic E-state index is -0.0369. The quantitative estimate of drug-likeness (QED) is 0.817. The molecule has 0 spiro atoms. The SMILES string of the molecule is COc1cc(OC)cc(C2CCN(C)CC2=O)c1. The number of carbonyl (C=O) groups excluding carboxylic acids is 1. The molecule has 1 unspecified atom stereocenters. The van der Waals surface area contributed by atoms with Crippen LogP contribution in [0.3, 0.4) is 0 Å². The molecule has 4 nitrogen and oxygen atoms in total. The maximum atomic E-state index is 12.1. The van der Waals surface area contributed by atoms with Crippen molar-refractivity contribution in [2.75, 3.05) is 34.4 Å². The minimum absolute atomic E-state index is 0.0369. The molecular weight excluding hydrogens is 230 g/mol. The van der Waals surface area contributed by atoms with Crippen molar-refractivity contribution in [3.63, 3.8) is 0 Å². The molecule has 1 saturated heterocycles. The molecular formula is C14H19NO3. The highest BCUT2D eigenvalue weighted by atomic mass is 16.5. The number of likely N-dealkylation sites (N-methyl/N-ethyl adjacent to an activating group) is 1. The molecule has 1 aliphatic rings. The summed E-state index contributed by atoms with van der Waals surface area (Å²) in [5, 5.41) is 0. The first-order valence-corrected chi connectivity index (χ1v) is 6.08. The fraction of sp³-hybridized carbons (Fsp3) is 0.500. The number of piperidine rings is 1. The predicted molar refractivity (Wildman–Crippen MR) is 69.4 cm³/mol. The van der Waals surface area contributed by atoms with E-state index in [2.05, 4.69) is 4.90 Å². The van der Waals surface area contributed by atoms with E-state index in [9.17, 15) is 4.79 Å². The Bertz CT molecular complexity index is 422. The Labute approximate surface area is 107 Å². The van der Waals surface area contributed by atoms with Gasteiger partial charge in [0, 0.05) is 12.0 Å². The van der Waals surface area contributed by atoms with Gasteiger partial charge in [0.25, 0.3) is 0 Å². The van der Waals surface area contributed by atoms with Gasteiger partial charge in [0.15, 0.2) is 5.78 Å². The molecule has 1 atom stereocenters. The molecule has 1 aliphatic heterocycles. The Balaban J connectivity index is 2.29. The molecule has 4 heteroatoms. The molecule has 0 saturated carbocycles. The summed E-state index contributed by atoms with van der Waals surface area (Å²) in [4.78, 5) is 14.1. The summed E-state index contributed by atoms with van der Waals surface area (Å²) in [6.45, 7) is 1.46. The van der Waals surface area contributed by atoms with E-state index in [4.69, 9.17) is 9.47 Å². The standard InChI is InChI=1S/C14H19NO3/c1-15-5-4-13(14(16)9-15)10-6-11(17-2)8-12(7-10)18-3/h6-8,13H,4-5,9H2,1-3H3. The molecule has 1 fully saturated rings. The zero-order valence-electron chi connectivity index (χ0n) is 11.1. The lowest BCUT2D eigenvalue weighted by molar-refractivity contribution is -0.123. The molecule has 0 radical (unpaired) electrons. The number of carbonyl (C=O) groups is 1. The van der Waals surface area contributed by atoms with Crippen molar-refractivity contribution in [3.05, 3.63) is 23.8 Å². The number of hydrogen-bond donors (Lipinski definition) is 0. The van der Waals surface area contributed by atoms with Crippen LogP contribution >= 0.6 is 0 Å². The van der Waals surface area contributed by atoms with Crippen molar-refractivity contribution in [1.29, 1.82) is 0 Å². The van der Waals surface area contributed by atoms with E-state index in [1.54, 1.807) is 14.2 Å². The van der Waals surface area contributed by atoms with E-state index in [0.29, 0.717) is 6.54 Å². The van der Waals surface area contributed by atoms with Crippen LogP contribution < -0.4 is 9.47 Å². The zero-order valence-corrected chi connectivity index (χ0v) is 11.1. The average Bonchev–Trinajstić information content (AvgIpc) is 2.38. The van der Waals surface area contributed by atoms with Gasteiger partial charge in [-0.3, -0.25) is 9.69 Å². The molecule has 2 rings (SSSR count). The highest BCUT2D eigenvalue weighted by molar-refractivity contribution is 5.88. The van der Waals surface area contributed by atoms with Crippen molar-refractivity contribution in [2.24, 2.45) is 0 Å². The van der Waals surface area contributed by atoms with Crippen LogP contribution in [0.25, 0.3) is 0 Å². The number of hydrogen-bond acceptors (Lipinski definition) is 4. The number of nitrogens with zero attached hydrogens (tertiary/aromatic N) is 1. The zero-order chi connectivity index (χ0) is 13.1. The van der Waals surface area contributed by atoms with Crippen LogP contribution in [0.15, 0.2) is 18.2 Å². The number of ketones is 1. The van der Waals surface area contributed by atoms with Gasteiger partial charge in [0.1, 0.15) is 11.5 Å². The Hall–Kier alpha value is -1.55. The van der Waals surface area contributed by atoms with Gasteiger partial charge in [-0.15, -0.1) is 0 Å². The van der Waals surface area contributed by atoms with Crippen molar-refractivity contribution in [2.45, 2.75) is 12.3 Å². The topological polar surface area (TPSA) is 38.8 Å². The van der Waals surface area contributed by atoms with E-state index in [-0.39, 0.29) is 11.7 Å². The Morgan fingerprint density at radius 1 is 1.17 bits per heavy atom. The lowest BCUT2D eigenvalue weighted by atomic mass is 9.88. The van der Waals surface area contributed by atoms with Crippen LogP contribution in [0.1, 0.15) is 17.9 Å². The van der Waals surface area contributed by atoms with Crippen LogP contribution in [-0.4, -0.2) is 45.0 Å². The fourth-order valence-electron chi connectivity index (χ4n) is 2.35. The van der Waals surface area contributed by atoms with Gasteiger partial charge in [0.2, 0.25) is 0 Å². The summed E-state index contributed by atoms with van der Waals surface area (Å²) in [7, 11) is 5.21.